The Bertz CT molecular complexity index is 1490. The van der Waals surface area contributed by atoms with Gasteiger partial charge in [-0.1, -0.05) is 31.2 Å². The van der Waals surface area contributed by atoms with Gasteiger partial charge in [0.25, 0.3) is 5.91 Å². The van der Waals surface area contributed by atoms with Crippen LogP contribution in [-0.2, 0) is 23.4 Å². The highest BCUT2D eigenvalue weighted by atomic mass is 32.2. The molecule has 1 amide bonds. The maximum Gasteiger partial charge on any atom is 0.272 e. The zero-order valence-electron chi connectivity index (χ0n) is 19.6. The van der Waals surface area contributed by atoms with Crippen LogP contribution >= 0.6 is 0 Å². The molecule has 2 unspecified atom stereocenters. The SMILES string of the molecule is C[C@@H](CCc1ccc(F)cc1)C1C=Cc2c(cn(C)c2C(=O)Nc2cc(F)nc(C#N)c2)S(=N)(=O)N1. The molecule has 186 valence electrons. The topological polar surface area (TPSA) is 124 Å². The molecule has 3 N–H and O–H groups in total. The summed E-state index contributed by atoms with van der Waals surface area (Å²) in [5, 5.41) is 11.5. The number of carbonyl (C=O) groups excluding carboxylic acids is 1. The standard InChI is InChI=1S/C25H24F2N6O2S/c1-15(3-4-16-5-7-17(26)8-6-16)21-10-9-20-22(36(29,35)32-21)14-33(2)24(20)25(34)31-18-11-19(13-28)30-23(27)12-18/h5-12,14-15,21H,3-4H2,1-2H3,(H2,29,32,35)(H,30,31,34)/t15-,21?,36?/m0/s1. The second kappa shape index (κ2) is 10.0. The van der Waals surface area contributed by atoms with Crippen molar-refractivity contribution in [2.75, 3.05) is 5.32 Å². The molecule has 0 saturated carbocycles. The van der Waals surface area contributed by atoms with Gasteiger partial charge < -0.3 is 9.88 Å². The third-order valence-electron chi connectivity index (χ3n) is 6.06. The Morgan fingerprint density at radius 2 is 2.06 bits per heavy atom. The summed E-state index contributed by atoms with van der Waals surface area (Å²) in [6.07, 6.45) is 6.30. The smallest absolute Gasteiger partial charge is 0.272 e. The van der Waals surface area contributed by atoms with Crippen LogP contribution in [0.15, 0.2) is 53.6 Å². The van der Waals surface area contributed by atoms with Gasteiger partial charge >= 0.3 is 0 Å². The number of halogens is 2. The number of aromatic nitrogens is 2. The van der Waals surface area contributed by atoms with Gasteiger partial charge in [-0.2, -0.15) is 9.65 Å². The molecule has 0 aliphatic carbocycles. The summed E-state index contributed by atoms with van der Waals surface area (Å²) in [4.78, 5) is 16.7. The lowest BCUT2D eigenvalue weighted by molar-refractivity contribution is 0.101. The summed E-state index contributed by atoms with van der Waals surface area (Å²) < 4.78 is 53.2. The molecule has 0 fully saturated rings. The zero-order valence-corrected chi connectivity index (χ0v) is 20.4. The summed E-state index contributed by atoms with van der Waals surface area (Å²) in [7, 11) is -1.88. The van der Waals surface area contributed by atoms with Crippen LogP contribution in [0.4, 0.5) is 14.5 Å². The van der Waals surface area contributed by atoms with Crippen molar-refractivity contribution in [2.24, 2.45) is 13.0 Å². The third kappa shape index (κ3) is 5.35. The van der Waals surface area contributed by atoms with Gasteiger partial charge in [-0.15, -0.1) is 0 Å². The number of carbonyl (C=O) groups is 1. The number of aryl methyl sites for hydroxylation is 2. The lowest BCUT2D eigenvalue weighted by atomic mass is 9.94. The second-order valence-electron chi connectivity index (χ2n) is 8.70. The van der Waals surface area contributed by atoms with Crippen LogP contribution in [0.2, 0.25) is 0 Å². The van der Waals surface area contributed by atoms with E-state index in [0.717, 1.165) is 11.6 Å². The van der Waals surface area contributed by atoms with Crippen LogP contribution in [0, 0.1) is 33.8 Å². The fourth-order valence-electron chi connectivity index (χ4n) is 4.13. The largest absolute Gasteiger partial charge is 0.345 e. The second-order valence-corrected chi connectivity index (χ2v) is 10.5. The molecule has 0 spiro atoms. The maximum absolute atomic E-state index is 13.7. The predicted octanol–water partition coefficient (Wildman–Crippen LogP) is 4.40. The molecule has 2 aromatic heterocycles. The molecule has 1 aliphatic rings. The van der Waals surface area contributed by atoms with Crippen molar-refractivity contribution < 1.29 is 17.8 Å². The number of pyridine rings is 1. The molecular formula is C25H24F2N6O2S. The number of amides is 1. The molecule has 1 aromatic carbocycles. The van der Waals surface area contributed by atoms with Crippen molar-refractivity contribution in [1.29, 1.82) is 10.0 Å². The van der Waals surface area contributed by atoms with Gasteiger partial charge in [-0.3, -0.25) is 4.79 Å². The van der Waals surface area contributed by atoms with Gasteiger partial charge in [-0.05, 0) is 42.5 Å². The number of rotatable bonds is 6. The van der Waals surface area contributed by atoms with Crippen molar-refractivity contribution in [1.82, 2.24) is 14.3 Å². The number of fused-ring (bicyclic) bond motifs is 1. The fourth-order valence-corrected chi connectivity index (χ4v) is 5.73. The summed E-state index contributed by atoms with van der Waals surface area (Å²) in [6, 6.07) is 9.82. The van der Waals surface area contributed by atoms with E-state index in [0.29, 0.717) is 18.4 Å². The van der Waals surface area contributed by atoms with E-state index < -0.39 is 27.8 Å². The van der Waals surface area contributed by atoms with E-state index in [9.17, 15) is 17.8 Å². The van der Waals surface area contributed by atoms with E-state index in [4.69, 9.17) is 10.0 Å². The summed E-state index contributed by atoms with van der Waals surface area (Å²) in [5.41, 5.74) is 1.30. The maximum atomic E-state index is 13.7. The average molecular weight is 511 g/mol. The minimum Gasteiger partial charge on any atom is -0.345 e. The van der Waals surface area contributed by atoms with Crippen molar-refractivity contribution in [3.8, 4) is 6.07 Å². The quantitative estimate of drug-likeness (QED) is 0.425. The molecule has 0 saturated heterocycles. The molecule has 1 aliphatic heterocycles. The highest BCUT2D eigenvalue weighted by Crippen LogP contribution is 2.29. The van der Waals surface area contributed by atoms with Crippen molar-refractivity contribution >= 4 is 27.6 Å². The van der Waals surface area contributed by atoms with Gasteiger partial charge in [0.2, 0.25) is 5.95 Å². The Morgan fingerprint density at radius 3 is 2.75 bits per heavy atom. The van der Waals surface area contributed by atoms with E-state index in [1.807, 2.05) is 6.92 Å². The van der Waals surface area contributed by atoms with Crippen LogP contribution < -0.4 is 10.0 Å². The van der Waals surface area contributed by atoms with E-state index in [1.165, 1.54) is 29.0 Å². The number of nitrogens with one attached hydrogen (secondary N) is 3. The Balaban J connectivity index is 1.58. The molecule has 4 rings (SSSR count). The fraction of sp³-hybridized carbons (Fsp3) is 0.240. The number of hydrogen-bond donors (Lipinski definition) is 3. The van der Waals surface area contributed by atoms with E-state index in [1.54, 1.807) is 37.4 Å². The molecule has 3 aromatic rings. The zero-order chi connectivity index (χ0) is 26.0. The Labute approximate surface area is 207 Å². The van der Waals surface area contributed by atoms with E-state index >= 15 is 0 Å². The first-order chi connectivity index (χ1) is 17.1. The monoisotopic (exact) mass is 510 g/mol. The first-order valence-corrected chi connectivity index (χ1v) is 12.7. The van der Waals surface area contributed by atoms with Gasteiger partial charge in [0, 0.05) is 36.6 Å². The molecule has 11 heteroatoms. The van der Waals surface area contributed by atoms with Crippen LogP contribution in [0.1, 0.15) is 40.7 Å². The summed E-state index contributed by atoms with van der Waals surface area (Å²) in [5.74, 6) is -1.84. The first-order valence-electron chi connectivity index (χ1n) is 11.1. The lowest BCUT2D eigenvalue weighted by Gasteiger charge is -2.22. The van der Waals surface area contributed by atoms with Gasteiger partial charge in [0.05, 0.1) is 4.90 Å². The molecule has 3 heterocycles. The minimum atomic E-state index is -3.46. The number of hydrogen-bond acceptors (Lipinski definition) is 5. The minimum absolute atomic E-state index is 0.0169. The lowest BCUT2D eigenvalue weighted by Crippen LogP contribution is -2.36. The molecule has 8 nitrogen and oxygen atoms in total. The normalized spacial score (nSPS) is 19.7. The van der Waals surface area contributed by atoms with Crippen molar-refractivity contribution in [3.05, 3.63) is 83.0 Å². The highest BCUT2D eigenvalue weighted by Gasteiger charge is 2.30. The first kappa shape index (κ1) is 25.2. The molecule has 36 heavy (non-hydrogen) atoms. The van der Waals surface area contributed by atoms with Crippen LogP contribution in [0.5, 0.6) is 0 Å². The molecular weight excluding hydrogens is 486 g/mol. The Morgan fingerprint density at radius 1 is 1.33 bits per heavy atom. The number of anilines is 1. The number of benzene rings is 1. The van der Waals surface area contributed by atoms with Gasteiger partial charge in [0.1, 0.15) is 33.2 Å². The van der Waals surface area contributed by atoms with Crippen LogP contribution in [-0.4, -0.2) is 25.7 Å². The highest BCUT2D eigenvalue weighted by molar-refractivity contribution is 7.90. The summed E-state index contributed by atoms with van der Waals surface area (Å²) >= 11 is 0. The van der Waals surface area contributed by atoms with Gasteiger partial charge in [-0.25, -0.2) is 23.1 Å². The third-order valence-corrected chi connectivity index (χ3v) is 7.61. The number of nitrogens with zero attached hydrogens (tertiary/aromatic N) is 3. The van der Waals surface area contributed by atoms with Crippen LogP contribution in [0.3, 0.4) is 0 Å². The van der Waals surface area contributed by atoms with Crippen molar-refractivity contribution in [2.45, 2.75) is 30.7 Å². The molecule has 0 radical (unpaired) electrons. The predicted molar refractivity (Wildman–Crippen MR) is 131 cm³/mol. The van der Waals surface area contributed by atoms with E-state index in [-0.39, 0.29) is 33.7 Å². The van der Waals surface area contributed by atoms with Gasteiger partial charge in [0.15, 0.2) is 0 Å². The van der Waals surface area contributed by atoms with E-state index in [2.05, 4.69) is 15.0 Å². The summed E-state index contributed by atoms with van der Waals surface area (Å²) in [6.45, 7) is 1.97. The Kier molecular flexibility index (Phi) is 7.01. The molecule has 0 bridgehead atoms. The number of nitriles is 1. The Hall–Kier alpha value is -3.88. The van der Waals surface area contributed by atoms with Crippen LogP contribution in [0.25, 0.3) is 6.08 Å². The molecule has 3 atom stereocenters. The average Bonchev–Trinajstić information content (AvgIpc) is 3.11. The van der Waals surface area contributed by atoms with Crippen molar-refractivity contribution in [3.63, 3.8) is 0 Å².